The van der Waals surface area contributed by atoms with E-state index >= 15 is 0 Å². The minimum absolute atomic E-state index is 0.147. The van der Waals surface area contributed by atoms with Crippen molar-refractivity contribution in [2.45, 2.75) is 19.0 Å². The van der Waals surface area contributed by atoms with Crippen molar-refractivity contribution in [3.63, 3.8) is 0 Å². The zero-order valence-corrected chi connectivity index (χ0v) is 10.5. The predicted molar refractivity (Wildman–Crippen MR) is 60.3 cm³/mol. The van der Waals surface area contributed by atoms with Crippen molar-refractivity contribution in [1.29, 1.82) is 0 Å². The van der Waals surface area contributed by atoms with E-state index in [-0.39, 0.29) is 16.5 Å². The fourth-order valence-corrected chi connectivity index (χ4v) is 1.75. The fraction of sp³-hybridized carbons (Fsp3) is 0.273. The van der Waals surface area contributed by atoms with Crippen LogP contribution >= 0.6 is 15.9 Å². The van der Waals surface area contributed by atoms with Gasteiger partial charge in [0.05, 0.1) is 12.0 Å². The van der Waals surface area contributed by atoms with Gasteiger partial charge in [0.25, 0.3) is 0 Å². The lowest BCUT2D eigenvalue weighted by molar-refractivity contribution is -0.138. The van der Waals surface area contributed by atoms with E-state index in [0.717, 1.165) is 6.07 Å². The molecule has 7 heteroatoms. The van der Waals surface area contributed by atoms with E-state index in [9.17, 15) is 22.8 Å². The van der Waals surface area contributed by atoms with Crippen molar-refractivity contribution in [2.24, 2.45) is 0 Å². The molecular weight excluding hydrogens is 317 g/mol. The molecule has 0 fully saturated rings. The molecule has 1 aromatic rings. The molecule has 0 amide bonds. The predicted octanol–water partition coefficient (Wildman–Crippen LogP) is 3.52. The van der Waals surface area contributed by atoms with E-state index in [2.05, 4.69) is 15.9 Å². The number of carboxylic acid groups (broad SMARTS) is 1. The average molecular weight is 325 g/mol. The Hall–Kier alpha value is -1.37. The Balaban J connectivity index is 2.98. The first-order valence-corrected chi connectivity index (χ1v) is 5.63. The Morgan fingerprint density at radius 2 is 1.83 bits per heavy atom. The zero-order chi connectivity index (χ0) is 13.9. The standard InChI is InChI=1S/C11H8BrF3O3/c12-8-2-1-6(5-7(8)11(13,14)15)9(16)3-4-10(17)18/h1-2,5H,3-4H2,(H,17,18). The van der Waals surface area contributed by atoms with Crippen LogP contribution in [0.4, 0.5) is 13.2 Å². The van der Waals surface area contributed by atoms with Gasteiger partial charge in [-0.25, -0.2) is 0 Å². The summed E-state index contributed by atoms with van der Waals surface area (Å²) >= 11 is 2.75. The highest BCUT2D eigenvalue weighted by Gasteiger charge is 2.33. The summed E-state index contributed by atoms with van der Waals surface area (Å²) in [6.45, 7) is 0. The van der Waals surface area contributed by atoms with Crippen molar-refractivity contribution in [3.05, 3.63) is 33.8 Å². The first-order valence-electron chi connectivity index (χ1n) is 4.83. The second-order valence-electron chi connectivity index (χ2n) is 3.51. The van der Waals surface area contributed by atoms with Crippen molar-refractivity contribution < 1.29 is 27.9 Å². The lowest BCUT2D eigenvalue weighted by Gasteiger charge is -2.10. The van der Waals surface area contributed by atoms with Crippen LogP contribution in [0.3, 0.4) is 0 Å². The number of alkyl halides is 3. The van der Waals surface area contributed by atoms with Gasteiger partial charge in [0.2, 0.25) is 0 Å². The quantitative estimate of drug-likeness (QED) is 0.862. The molecule has 0 heterocycles. The van der Waals surface area contributed by atoms with E-state index in [1.165, 1.54) is 6.07 Å². The summed E-state index contributed by atoms with van der Waals surface area (Å²) in [5.41, 5.74) is -1.10. The van der Waals surface area contributed by atoms with Crippen LogP contribution in [0.25, 0.3) is 0 Å². The SMILES string of the molecule is O=C(O)CCC(=O)c1ccc(Br)c(C(F)(F)F)c1. The second kappa shape index (κ2) is 5.51. The van der Waals surface area contributed by atoms with Gasteiger partial charge in [0.1, 0.15) is 0 Å². The number of carboxylic acids is 1. The van der Waals surface area contributed by atoms with Gasteiger partial charge in [-0.15, -0.1) is 0 Å². The minimum atomic E-state index is -4.57. The van der Waals surface area contributed by atoms with Crippen molar-refractivity contribution in [2.75, 3.05) is 0 Å². The largest absolute Gasteiger partial charge is 0.481 e. The van der Waals surface area contributed by atoms with Gasteiger partial charge in [-0.2, -0.15) is 13.2 Å². The molecule has 1 N–H and O–H groups in total. The summed E-state index contributed by atoms with van der Waals surface area (Å²) in [7, 11) is 0. The number of hydrogen-bond donors (Lipinski definition) is 1. The summed E-state index contributed by atoms with van der Waals surface area (Å²) in [5.74, 6) is -1.80. The molecule has 0 aliphatic carbocycles. The summed E-state index contributed by atoms with van der Waals surface area (Å²) < 4.78 is 37.6. The minimum Gasteiger partial charge on any atom is -0.481 e. The number of halogens is 4. The number of carbonyl (C=O) groups is 2. The average Bonchev–Trinajstić information content (AvgIpc) is 2.24. The molecule has 0 radical (unpaired) electrons. The second-order valence-corrected chi connectivity index (χ2v) is 4.36. The molecule has 0 bridgehead atoms. The molecule has 0 aliphatic rings. The third-order valence-corrected chi connectivity index (χ3v) is 2.85. The van der Waals surface area contributed by atoms with Crippen molar-refractivity contribution in [1.82, 2.24) is 0 Å². The molecule has 3 nitrogen and oxygen atoms in total. The number of carbonyl (C=O) groups excluding carboxylic acids is 1. The Morgan fingerprint density at radius 1 is 1.22 bits per heavy atom. The number of rotatable bonds is 4. The first kappa shape index (κ1) is 14.7. The van der Waals surface area contributed by atoms with Crippen LogP contribution in [-0.2, 0) is 11.0 Å². The monoisotopic (exact) mass is 324 g/mol. The van der Waals surface area contributed by atoms with Crippen molar-refractivity contribution >= 4 is 27.7 Å². The Morgan fingerprint density at radius 3 is 2.33 bits per heavy atom. The van der Waals surface area contributed by atoms with Gasteiger partial charge in [-0.05, 0) is 12.1 Å². The van der Waals surface area contributed by atoms with Crippen LogP contribution in [0.15, 0.2) is 22.7 Å². The van der Waals surface area contributed by atoms with Crippen LogP contribution < -0.4 is 0 Å². The maximum atomic E-state index is 12.6. The van der Waals surface area contributed by atoms with Gasteiger partial charge in [0, 0.05) is 16.5 Å². The fourth-order valence-electron chi connectivity index (χ4n) is 1.28. The summed E-state index contributed by atoms with van der Waals surface area (Å²) in [5, 5.41) is 8.40. The Bertz CT molecular complexity index is 483. The lowest BCUT2D eigenvalue weighted by atomic mass is 10.0. The molecule has 1 aromatic carbocycles. The maximum absolute atomic E-state index is 12.6. The zero-order valence-electron chi connectivity index (χ0n) is 8.92. The van der Waals surface area contributed by atoms with Gasteiger partial charge in [0.15, 0.2) is 5.78 Å². The maximum Gasteiger partial charge on any atom is 0.417 e. The topological polar surface area (TPSA) is 54.4 Å². The van der Waals surface area contributed by atoms with E-state index in [1.807, 2.05) is 0 Å². The molecule has 0 unspecified atom stereocenters. The molecule has 0 saturated carbocycles. The van der Waals surface area contributed by atoms with Crippen LogP contribution in [0, 0.1) is 0 Å². The number of aliphatic carboxylic acids is 1. The van der Waals surface area contributed by atoms with E-state index in [4.69, 9.17) is 5.11 Å². The normalized spacial score (nSPS) is 11.3. The van der Waals surface area contributed by atoms with Gasteiger partial charge in [-0.3, -0.25) is 9.59 Å². The third kappa shape index (κ3) is 3.83. The van der Waals surface area contributed by atoms with Gasteiger partial charge in [-0.1, -0.05) is 22.0 Å². The lowest BCUT2D eigenvalue weighted by Crippen LogP contribution is -2.09. The number of hydrogen-bond acceptors (Lipinski definition) is 2. The highest BCUT2D eigenvalue weighted by molar-refractivity contribution is 9.10. The molecule has 0 saturated heterocycles. The van der Waals surface area contributed by atoms with Crippen LogP contribution in [-0.4, -0.2) is 16.9 Å². The molecular formula is C11H8BrF3O3. The summed E-state index contributed by atoms with van der Waals surface area (Å²) in [6, 6.07) is 3.06. The number of Topliss-reactive ketones (excluding diaryl/α,β-unsaturated/α-hetero) is 1. The molecule has 0 atom stereocenters. The molecule has 98 valence electrons. The Labute approximate surface area is 109 Å². The first-order chi connectivity index (χ1) is 8.21. The highest BCUT2D eigenvalue weighted by atomic mass is 79.9. The number of benzene rings is 1. The van der Waals surface area contributed by atoms with E-state index in [1.54, 1.807) is 0 Å². The van der Waals surface area contributed by atoms with Crippen LogP contribution in [0.1, 0.15) is 28.8 Å². The molecule has 0 spiro atoms. The Kier molecular flexibility index (Phi) is 4.50. The van der Waals surface area contributed by atoms with Crippen LogP contribution in [0.2, 0.25) is 0 Å². The molecule has 0 aliphatic heterocycles. The number of ketones is 1. The van der Waals surface area contributed by atoms with Gasteiger partial charge < -0.3 is 5.11 Å². The summed E-state index contributed by atoms with van der Waals surface area (Å²) in [4.78, 5) is 21.8. The highest BCUT2D eigenvalue weighted by Crippen LogP contribution is 2.35. The summed E-state index contributed by atoms with van der Waals surface area (Å²) in [6.07, 6.45) is -5.30. The van der Waals surface area contributed by atoms with E-state index in [0.29, 0.717) is 6.07 Å². The smallest absolute Gasteiger partial charge is 0.417 e. The molecule has 0 aromatic heterocycles. The van der Waals surface area contributed by atoms with Crippen molar-refractivity contribution in [3.8, 4) is 0 Å². The van der Waals surface area contributed by atoms with Crippen LogP contribution in [0.5, 0.6) is 0 Å². The van der Waals surface area contributed by atoms with Gasteiger partial charge >= 0.3 is 12.1 Å². The molecule has 18 heavy (non-hydrogen) atoms. The molecule has 1 rings (SSSR count). The van der Waals surface area contributed by atoms with E-state index < -0.39 is 29.9 Å². The third-order valence-electron chi connectivity index (χ3n) is 2.16.